The summed E-state index contributed by atoms with van der Waals surface area (Å²) in [6.45, 7) is 3.95. The van der Waals surface area contributed by atoms with Crippen molar-refractivity contribution in [3.63, 3.8) is 0 Å². The lowest BCUT2D eigenvalue weighted by molar-refractivity contribution is 0.0690. The molecular weight excluding hydrogens is 234 g/mol. The molecule has 1 N–H and O–H groups in total. The van der Waals surface area contributed by atoms with Crippen LogP contribution in [0.3, 0.4) is 0 Å². The first-order chi connectivity index (χ1) is 8.40. The van der Waals surface area contributed by atoms with E-state index in [1.54, 1.807) is 9.42 Å². The highest BCUT2D eigenvalue weighted by atomic mass is 16.4. The molecule has 2 heterocycles. The van der Waals surface area contributed by atoms with E-state index in [-0.39, 0.29) is 11.6 Å². The first kappa shape index (κ1) is 12.3. The number of rotatable bonds is 3. The van der Waals surface area contributed by atoms with Crippen LogP contribution in [0.25, 0.3) is 5.78 Å². The Morgan fingerprint density at radius 3 is 2.56 bits per heavy atom. The molecule has 0 saturated carbocycles. The summed E-state index contributed by atoms with van der Waals surface area (Å²) < 4.78 is 1.56. The molecule has 18 heavy (non-hydrogen) atoms. The second-order valence-electron chi connectivity index (χ2n) is 4.54. The maximum Gasteiger partial charge on any atom is 0.354 e. The van der Waals surface area contributed by atoms with Crippen LogP contribution in [0.1, 0.15) is 36.1 Å². The minimum Gasteiger partial charge on any atom is -0.477 e. The summed E-state index contributed by atoms with van der Waals surface area (Å²) >= 11 is 0. The van der Waals surface area contributed by atoms with E-state index in [0.717, 1.165) is 0 Å². The molecule has 0 unspecified atom stereocenters. The number of hydrogen-bond donors (Lipinski definition) is 1. The smallest absolute Gasteiger partial charge is 0.354 e. The molecule has 0 saturated heterocycles. The molecule has 0 radical (unpaired) electrons. The van der Waals surface area contributed by atoms with Crippen LogP contribution in [-0.2, 0) is 0 Å². The number of carboxylic acids is 1. The number of carbonyl (C=O) groups is 1. The normalized spacial score (nSPS) is 11.2. The summed E-state index contributed by atoms with van der Waals surface area (Å²) in [6, 6.07) is 1.48. The highest BCUT2D eigenvalue weighted by Gasteiger charge is 2.16. The lowest BCUT2D eigenvalue weighted by Crippen LogP contribution is -2.16. The van der Waals surface area contributed by atoms with Crippen LogP contribution >= 0.6 is 0 Å². The second-order valence-corrected chi connectivity index (χ2v) is 4.54. The average molecular weight is 249 g/mol. The molecule has 0 aliphatic heterocycles. The van der Waals surface area contributed by atoms with E-state index in [1.807, 2.05) is 27.9 Å². The van der Waals surface area contributed by atoms with Gasteiger partial charge in [-0.2, -0.15) is 9.50 Å². The molecule has 96 valence electrons. The van der Waals surface area contributed by atoms with Gasteiger partial charge in [-0.3, -0.25) is 0 Å². The lowest BCUT2D eigenvalue weighted by Gasteiger charge is -2.13. The third kappa shape index (κ3) is 1.99. The molecule has 7 heteroatoms. The number of fused-ring (bicyclic) bond motifs is 1. The maximum absolute atomic E-state index is 11.0. The standard InChI is InChI=1S/C11H15N5O2/c1-6(2)9-13-11-12-7(10(17)18)5-8(15(3)4)16(11)14-9/h5-6H,1-4H3,(H,17,18). The molecule has 0 bridgehead atoms. The van der Waals surface area contributed by atoms with E-state index in [4.69, 9.17) is 5.11 Å². The van der Waals surface area contributed by atoms with Crippen molar-refractivity contribution in [3.8, 4) is 0 Å². The fourth-order valence-corrected chi connectivity index (χ4v) is 1.54. The number of aromatic nitrogens is 4. The van der Waals surface area contributed by atoms with Crippen LogP contribution < -0.4 is 4.90 Å². The van der Waals surface area contributed by atoms with Crippen molar-refractivity contribution >= 4 is 17.6 Å². The second kappa shape index (κ2) is 4.25. The zero-order valence-corrected chi connectivity index (χ0v) is 10.7. The molecule has 0 atom stereocenters. The minimum atomic E-state index is -1.07. The number of nitrogens with zero attached hydrogens (tertiary/aromatic N) is 5. The van der Waals surface area contributed by atoms with Gasteiger partial charge in [0.1, 0.15) is 5.82 Å². The van der Waals surface area contributed by atoms with Crippen molar-refractivity contribution in [2.45, 2.75) is 19.8 Å². The zero-order chi connectivity index (χ0) is 13.4. The molecule has 7 nitrogen and oxygen atoms in total. The van der Waals surface area contributed by atoms with Crippen molar-refractivity contribution in [3.05, 3.63) is 17.6 Å². The summed E-state index contributed by atoms with van der Waals surface area (Å²) in [5.41, 5.74) is -0.0334. The monoisotopic (exact) mass is 249 g/mol. The Hall–Kier alpha value is -2.18. The fraction of sp³-hybridized carbons (Fsp3) is 0.455. The first-order valence-corrected chi connectivity index (χ1v) is 5.58. The van der Waals surface area contributed by atoms with Gasteiger partial charge in [0.05, 0.1) is 0 Å². The number of carboxylic acid groups (broad SMARTS) is 1. The van der Waals surface area contributed by atoms with E-state index in [0.29, 0.717) is 17.4 Å². The van der Waals surface area contributed by atoms with Crippen LogP contribution in [0.4, 0.5) is 5.82 Å². The summed E-state index contributed by atoms with van der Waals surface area (Å²) in [4.78, 5) is 21.0. The van der Waals surface area contributed by atoms with Gasteiger partial charge in [-0.1, -0.05) is 13.8 Å². The first-order valence-electron chi connectivity index (χ1n) is 5.58. The van der Waals surface area contributed by atoms with Crippen molar-refractivity contribution in [2.75, 3.05) is 19.0 Å². The third-order valence-corrected chi connectivity index (χ3v) is 2.50. The molecular formula is C11H15N5O2. The highest BCUT2D eigenvalue weighted by molar-refractivity contribution is 5.86. The largest absolute Gasteiger partial charge is 0.477 e. The summed E-state index contributed by atoms with van der Waals surface area (Å²) in [6.07, 6.45) is 0. The molecule has 0 fully saturated rings. The molecule has 0 aromatic carbocycles. The van der Waals surface area contributed by atoms with Crippen LogP contribution in [0.2, 0.25) is 0 Å². The Balaban J connectivity index is 2.73. The van der Waals surface area contributed by atoms with Gasteiger partial charge in [0, 0.05) is 26.1 Å². The predicted octanol–water partition coefficient (Wildman–Crippen LogP) is 1.01. The highest BCUT2D eigenvalue weighted by Crippen LogP contribution is 2.17. The van der Waals surface area contributed by atoms with Crippen molar-refractivity contribution in [2.24, 2.45) is 0 Å². The Bertz CT molecular complexity index is 603. The van der Waals surface area contributed by atoms with E-state index in [1.165, 1.54) is 6.07 Å². The summed E-state index contributed by atoms with van der Waals surface area (Å²) in [5, 5.41) is 13.4. The van der Waals surface area contributed by atoms with Gasteiger partial charge in [0.25, 0.3) is 5.78 Å². The molecule has 0 amide bonds. The topological polar surface area (TPSA) is 83.6 Å². The summed E-state index contributed by atoms with van der Waals surface area (Å²) in [7, 11) is 3.63. The fourth-order valence-electron chi connectivity index (χ4n) is 1.54. The Labute approximate surface area is 104 Å². The van der Waals surface area contributed by atoms with Crippen LogP contribution in [0, 0.1) is 0 Å². The van der Waals surface area contributed by atoms with Gasteiger partial charge in [-0.05, 0) is 0 Å². The predicted molar refractivity (Wildman–Crippen MR) is 66.2 cm³/mol. The number of anilines is 1. The van der Waals surface area contributed by atoms with Crippen molar-refractivity contribution in [1.82, 2.24) is 19.6 Å². The van der Waals surface area contributed by atoms with Gasteiger partial charge < -0.3 is 10.0 Å². The molecule has 2 aromatic heterocycles. The van der Waals surface area contributed by atoms with Gasteiger partial charge in [0.15, 0.2) is 11.5 Å². The van der Waals surface area contributed by atoms with E-state index >= 15 is 0 Å². The van der Waals surface area contributed by atoms with Crippen molar-refractivity contribution in [1.29, 1.82) is 0 Å². The van der Waals surface area contributed by atoms with Crippen LogP contribution in [0.15, 0.2) is 6.07 Å². The SMILES string of the molecule is CC(C)c1nc2nc(C(=O)O)cc(N(C)C)n2n1. The Kier molecular flexibility index (Phi) is 2.90. The molecule has 0 aliphatic carbocycles. The van der Waals surface area contributed by atoms with Gasteiger partial charge in [0.2, 0.25) is 0 Å². The van der Waals surface area contributed by atoms with Gasteiger partial charge in [-0.25, -0.2) is 9.78 Å². The minimum absolute atomic E-state index is 0.0334. The van der Waals surface area contributed by atoms with Gasteiger partial charge >= 0.3 is 5.97 Å². The van der Waals surface area contributed by atoms with E-state index < -0.39 is 5.97 Å². The molecule has 0 aliphatic rings. The van der Waals surface area contributed by atoms with E-state index in [9.17, 15) is 4.79 Å². The van der Waals surface area contributed by atoms with E-state index in [2.05, 4.69) is 15.1 Å². The zero-order valence-electron chi connectivity index (χ0n) is 10.7. The quantitative estimate of drug-likeness (QED) is 0.874. The average Bonchev–Trinajstić information content (AvgIpc) is 2.70. The Morgan fingerprint density at radius 2 is 2.06 bits per heavy atom. The number of hydrogen-bond acceptors (Lipinski definition) is 5. The Morgan fingerprint density at radius 1 is 1.39 bits per heavy atom. The molecule has 2 rings (SSSR count). The summed E-state index contributed by atoms with van der Waals surface area (Å²) in [5.74, 6) is 0.678. The third-order valence-electron chi connectivity index (χ3n) is 2.50. The number of aromatic carboxylic acids is 1. The maximum atomic E-state index is 11.0. The molecule has 0 spiro atoms. The van der Waals surface area contributed by atoms with Crippen LogP contribution in [-0.4, -0.2) is 44.8 Å². The lowest BCUT2D eigenvalue weighted by atomic mass is 10.2. The van der Waals surface area contributed by atoms with Crippen molar-refractivity contribution < 1.29 is 9.90 Å². The van der Waals surface area contributed by atoms with Crippen LogP contribution in [0.5, 0.6) is 0 Å². The molecule has 2 aromatic rings. The van der Waals surface area contributed by atoms with Gasteiger partial charge in [-0.15, -0.1) is 5.10 Å².